The lowest BCUT2D eigenvalue weighted by Gasteiger charge is -2.43. The Hall–Kier alpha value is -0.340. The van der Waals surface area contributed by atoms with E-state index in [1.54, 1.807) is 7.11 Å². The highest BCUT2D eigenvalue weighted by atomic mass is 127. The normalized spacial score (nSPS) is 22.3. The third-order valence-electron chi connectivity index (χ3n) is 5.53. The van der Waals surface area contributed by atoms with E-state index in [0.717, 1.165) is 36.7 Å². The van der Waals surface area contributed by atoms with Gasteiger partial charge in [0.2, 0.25) is 0 Å². The maximum Gasteiger partial charge on any atom is 0.193 e. The molecule has 1 N–H and O–H groups in total. The summed E-state index contributed by atoms with van der Waals surface area (Å²) in [5.74, 6) is 1.66. The summed E-state index contributed by atoms with van der Waals surface area (Å²) in [4.78, 5) is 6.89. The van der Waals surface area contributed by atoms with Crippen molar-refractivity contribution in [2.24, 2.45) is 10.9 Å². The molecule has 1 atom stereocenters. The first-order valence-corrected chi connectivity index (χ1v) is 9.67. The van der Waals surface area contributed by atoms with Crippen LogP contribution in [0, 0.1) is 5.92 Å². The van der Waals surface area contributed by atoms with Crippen molar-refractivity contribution in [2.45, 2.75) is 31.1 Å². The van der Waals surface area contributed by atoms with Crippen molar-refractivity contribution in [3.8, 4) is 0 Å². The Kier molecular flexibility index (Phi) is 8.01. The molecule has 0 spiro atoms. The molecule has 6 heteroatoms. The van der Waals surface area contributed by atoms with Crippen molar-refractivity contribution < 1.29 is 4.74 Å². The minimum absolute atomic E-state index is 0. The molecule has 0 aromatic heterocycles. The van der Waals surface area contributed by atoms with Gasteiger partial charge in [0.15, 0.2) is 5.96 Å². The van der Waals surface area contributed by atoms with E-state index in [2.05, 4.69) is 55.4 Å². The Morgan fingerprint density at radius 2 is 2.24 bits per heavy atom. The topological polar surface area (TPSA) is 36.9 Å². The number of nitrogens with zero attached hydrogens (tertiary/aromatic N) is 2. The first kappa shape index (κ1) is 21.0. The summed E-state index contributed by atoms with van der Waals surface area (Å²) in [5, 5.41) is 3.65. The van der Waals surface area contributed by atoms with Gasteiger partial charge in [-0.3, -0.25) is 4.99 Å². The van der Waals surface area contributed by atoms with Gasteiger partial charge in [0.05, 0.1) is 6.61 Å². The number of benzene rings is 1. The molecule has 1 saturated heterocycles. The van der Waals surface area contributed by atoms with Crippen molar-refractivity contribution in [3.05, 3.63) is 34.3 Å². The van der Waals surface area contributed by atoms with E-state index in [1.807, 2.05) is 7.05 Å². The smallest absolute Gasteiger partial charge is 0.193 e. The van der Waals surface area contributed by atoms with Gasteiger partial charge in [0.1, 0.15) is 0 Å². The standard InChI is InChI=1S/C19H28BrN3O.HI/c1-21-18(23-10-7-15(12-23)13-24-2)22-14-19(8-4-9-19)16-5-3-6-17(20)11-16;/h3,5-6,11,15H,4,7-10,12-14H2,1-2H3,(H,21,22);1H. The molecule has 1 heterocycles. The monoisotopic (exact) mass is 521 g/mol. The average Bonchev–Trinajstić information content (AvgIpc) is 2.99. The van der Waals surface area contributed by atoms with Gasteiger partial charge in [-0.25, -0.2) is 0 Å². The maximum atomic E-state index is 5.31. The van der Waals surface area contributed by atoms with Crippen molar-refractivity contribution in [2.75, 3.05) is 40.4 Å². The summed E-state index contributed by atoms with van der Waals surface area (Å²) in [6, 6.07) is 8.78. The minimum Gasteiger partial charge on any atom is -0.384 e. The SMILES string of the molecule is CN=C(NCC1(c2cccc(Br)c2)CCC1)N1CCC(COC)C1.I. The van der Waals surface area contributed by atoms with Gasteiger partial charge in [-0.2, -0.15) is 0 Å². The maximum absolute atomic E-state index is 5.31. The Bertz CT molecular complexity index is 592. The average molecular weight is 522 g/mol. The largest absolute Gasteiger partial charge is 0.384 e. The van der Waals surface area contributed by atoms with Crippen LogP contribution in [0.3, 0.4) is 0 Å². The van der Waals surface area contributed by atoms with Gasteiger partial charge >= 0.3 is 0 Å². The van der Waals surface area contributed by atoms with Gasteiger partial charge in [0, 0.05) is 49.6 Å². The van der Waals surface area contributed by atoms with Crippen LogP contribution in [0.1, 0.15) is 31.2 Å². The van der Waals surface area contributed by atoms with Crippen LogP contribution >= 0.6 is 39.9 Å². The first-order valence-electron chi connectivity index (χ1n) is 8.87. The Labute approximate surface area is 176 Å². The second kappa shape index (κ2) is 9.55. The fourth-order valence-electron chi connectivity index (χ4n) is 3.97. The Morgan fingerprint density at radius 1 is 1.44 bits per heavy atom. The van der Waals surface area contributed by atoms with Gasteiger partial charge < -0.3 is 15.0 Å². The number of ether oxygens (including phenoxy) is 1. The summed E-state index contributed by atoms with van der Waals surface area (Å²) in [6.07, 6.45) is 5.00. The molecule has 1 unspecified atom stereocenters. The molecule has 1 saturated carbocycles. The lowest BCUT2D eigenvalue weighted by atomic mass is 9.64. The zero-order valence-electron chi connectivity index (χ0n) is 15.1. The fraction of sp³-hybridized carbons (Fsp3) is 0.632. The van der Waals surface area contributed by atoms with Crippen LogP contribution in [-0.4, -0.2) is 51.3 Å². The first-order chi connectivity index (χ1) is 11.7. The van der Waals surface area contributed by atoms with Crippen molar-refractivity contribution in [1.82, 2.24) is 10.2 Å². The van der Waals surface area contributed by atoms with Crippen LogP contribution in [0.4, 0.5) is 0 Å². The van der Waals surface area contributed by atoms with E-state index in [9.17, 15) is 0 Å². The molecular formula is C19H29BrIN3O. The van der Waals surface area contributed by atoms with Crippen LogP contribution in [0.2, 0.25) is 0 Å². The molecule has 1 aliphatic heterocycles. The lowest BCUT2D eigenvalue weighted by molar-refractivity contribution is 0.157. The van der Waals surface area contributed by atoms with E-state index in [-0.39, 0.29) is 29.4 Å². The molecule has 2 fully saturated rings. The Balaban J connectivity index is 0.00000225. The number of hydrogen-bond donors (Lipinski definition) is 1. The number of rotatable bonds is 5. The predicted octanol–water partition coefficient (Wildman–Crippen LogP) is 4.03. The summed E-state index contributed by atoms with van der Waals surface area (Å²) in [7, 11) is 3.67. The lowest BCUT2D eigenvalue weighted by Crippen LogP contribution is -2.49. The number of methoxy groups -OCH3 is 1. The van der Waals surface area contributed by atoms with Crippen molar-refractivity contribution in [3.63, 3.8) is 0 Å². The van der Waals surface area contributed by atoms with E-state index in [0.29, 0.717) is 5.92 Å². The number of nitrogens with one attached hydrogen (secondary N) is 1. The Morgan fingerprint density at radius 3 is 2.84 bits per heavy atom. The molecule has 3 rings (SSSR count). The zero-order valence-corrected chi connectivity index (χ0v) is 19.0. The van der Waals surface area contributed by atoms with Gasteiger partial charge in [-0.1, -0.05) is 34.5 Å². The number of guanidine groups is 1. The molecule has 1 aromatic rings. The van der Waals surface area contributed by atoms with Crippen molar-refractivity contribution in [1.29, 1.82) is 0 Å². The summed E-state index contributed by atoms with van der Waals surface area (Å²) in [5.41, 5.74) is 1.69. The molecule has 25 heavy (non-hydrogen) atoms. The van der Waals surface area contributed by atoms with Crippen molar-refractivity contribution >= 4 is 45.9 Å². The summed E-state index contributed by atoms with van der Waals surface area (Å²) in [6.45, 7) is 3.91. The number of halogens is 2. The van der Waals surface area contributed by atoms with Gasteiger partial charge in [-0.15, -0.1) is 24.0 Å². The number of aliphatic imine (C=N–C) groups is 1. The molecule has 1 aliphatic carbocycles. The molecule has 1 aromatic carbocycles. The van der Waals surface area contributed by atoms with Crippen LogP contribution in [-0.2, 0) is 10.2 Å². The van der Waals surface area contributed by atoms with E-state index < -0.39 is 0 Å². The molecule has 140 valence electrons. The second-order valence-electron chi connectivity index (χ2n) is 7.10. The molecular weight excluding hydrogens is 493 g/mol. The third-order valence-corrected chi connectivity index (χ3v) is 6.03. The van der Waals surface area contributed by atoms with E-state index in [4.69, 9.17) is 4.74 Å². The van der Waals surface area contributed by atoms with E-state index in [1.165, 1.54) is 31.2 Å². The van der Waals surface area contributed by atoms with Gasteiger partial charge in [-0.05, 0) is 37.0 Å². The number of hydrogen-bond acceptors (Lipinski definition) is 2. The quantitative estimate of drug-likeness (QED) is 0.361. The van der Waals surface area contributed by atoms with Gasteiger partial charge in [0.25, 0.3) is 0 Å². The zero-order chi connectivity index (χ0) is 17.0. The molecule has 0 amide bonds. The van der Waals surface area contributed by atoms with Crippen LogP contribution in [0.5, 0.6) is 0 Å². The van der Waals surface area contributed by atoms with Crippen LogP contribution < -0.4 is 5.32 Å². The minimum atomic E-state index is 0. The highest BCUT2D eigenvalue weighted by Gasteiger charge is 2.39. The number of likely N-dealkylation sites (tertiary alicyclic amines) is 1. The van der Waals surface area contributed by atoms with Crippen LogP contribution in [0.25, 0.3) is 0 Å². The van der Waals surface area contributed by atoms with E-state index >= 15 is 0 Å². The third kappa shape index (κ3) is 4.89. The predicted molar refractivity (Wildman–Crippen MR) is 118 cm³/mol. The summed E-state index contributed by atoms with van der Waals surface area (Å²) < 4.78 is 6.47. The summed E-state index contributed by atoms with van der Waals surface area (Å²) >= 11 is 3.61. The highest BCUT2D eigenvalue weighted by Crippen LogP contribution is 2.43. The highest BCUT2D eigenvalue weighted by molar-refractivity contribution is 14.0. The molecule has 0 bridgehead atoms. The molecule has 2 aliphatic rings. The fourth-order valence-corrected chi connectivity index (χ4v) is 4.37. The van der Waals surface area contributed by atoms with Crippen LogP contribution in [0.15, 0.2) is 33.7 Å². The molecule has 4 nitrogen and oxygen atoms in total. The second-order valence-corrected chi connectivity index (χ2v) is 8.02. The molecule has 0 radical (unpaired) electrons.